The first-order valence-electron chi connectivity index (χ1n) is 5.68. The number of anilines is 2. The van der Waals surface area contributed by atoms with E-state index in [9.17, 15) is 13.5 Å². The Hall–Kier alpha value is -1.31. The molecule has 7 heteroatoms. The van der Waals surface area contributed by atoms with Gasteiger partial charge < -0.3 is 16.2 Å². The standard InChI is InChI=1S/C11H17N3O3S/c12-9-6-8(18(13,16)17)2-3-10(9)14-11(7-15)4-1-5-11/h2-3,6,14-15H,1,4-5,7,12H2,(H2,13,16,17). The van der Waals surface area contributed by atoms with Crippen LogP contribution in [0.5, 0.6) is 0 Å². The van der Waals surface area contributed by atoms with Crippen LogP contribution in [-0.2, 0) is 10.0 Å². The largest absolute Gasteiger partial charge is 0.397 e. The first kappa shape index (κ1) is 13.1. The van der Waals surface area contributed by atoms with Crippen LogP contribution in [0, 0.1) is 0 Å². The summed E-state index contributed by atoms with van der Waals surface area (Å²) in [7, 11) is -3.74. The second kappa shape index (κ2) is 4.42. The zero-order chi connectivity index (χ0) is 13.4. The molecule has 6 nitrogen and oxygen atoms in total. The van der Waals surface area contributed by atoms with Crippen molar-refractivity contribution < 1.29 is 13.5 Å². The molecule has 6 N–H and O–H groups in total. The molecule has 18 heavy (non-hydrogen) atoms. The average Bonchev–Trinajstić information content (AvgIpc) is 2.24. The molecule has 0 amide bonds. The third-order valence-electron chi connectivity index (χ3n) is 3.36. The van der Waals surface area contributed by atoms with Gasteiger partial charge in [0, 0.05) is 0 Å². The van der Waals surface area contributed by atoms with E-state index in [1.807, 2.05) is 0 Å². The maximum atomic E-state index is 11.2. The monoisotopic (exact) mass is 271 g/mol. The van der Waals surface area contributed by atoms with Crippen LogP contribution in [0.15, 0.2) is 23.1 Å². The molecule has 1 saturated carbocycles. The van der Waals surface area contributed by atoms with Crippen LogP contribution in [0.1, 0.15) is 19.3 Å². The maximum absolute atomic E-state index is 11.2. The summed E-state index contributed by atoms with van der Waals surface area (Å²) in [5.41, 5.74) is 6.40. The van der Waals surface area contributed by atoms with Crippen molar-refractivity contribution in [3.63, 3.8) is 0 Å². The van der Waals surface area contributed by atoms with Gasteiger partial charge in [-0.05, 0) is 37.5 Å². The predicted octanol–water partition coefficient (Wildman–Crippen LogP) is 0.243. The van der Waals surface area contributed by atoms with Gasteiger partial charge >= 0.3 is 0 Å². The van der Waals surface area contributed by atoms with Gasteiger partial charge in [-0.1, -0.05) is 0 Å². The normalized spacial score (nSPS) is 18.1. The predicted molar refractivity (Wildman–Crippen MR) is 69.5 cm³/mol. The van der Waals surface area contributed by atoms with E-state index in [1.54, 1.807) is 6.07 Å². The summed E-state index contributed by atoms with van der Waals surface area (Å²) in [4.78, 5) is -0.0165. The summed E-state index contributed by atoms with van der Waals surface area (Å²) < 4.78 is 22.3. The highest BCUT2D eigenvalue weighted by molar-refractivity contribution is 7.89. The summed E-state index contributed by atoms with van der Waals surface area (Å²) in [5.74, 6) is 0. The van der Waals surface area contributed by atoms with Crippen LogP contribution in [0.3, 0.4) is 0 Å². The Labute approximate surface area is 106 Å². The average molecular weight is 271 g/mol. The number of aliphatic hydroxyl groups is 1. The van der Waals surface area contributed by atoms with Crippen LogP contribution >= 0.6 is 0 Å². The molecule has 0 unspecified atom stereocenters. The van der Waals surface area contributed by atoms with Crippen molar-refractivity contribution >= 4 is 21.4 Å². The SMILES string of the molecule is Nc1cc(S(N)(=O)=O)ccc1NC1(CO)CCC1. The van der Waals surface area contributed by atoms with Gasteiger partial charge in [-0.15, -0.1) is 0 Å². The number of nitrogen functional groups attached to an aromatic ring is 1. The Morgan fingerprint density at radius 3 is 2.44 bits per heavy atom. The molecular formula is C11H17N3O3S. The van der Waals surface area contributed by atoms with Crippen molar-refractivity contribution in [3.05, 3.63) is 18.2 Å². The summed E-state index contributed by atoms with van der Waals surface area (Å²) in [6.45, 7) is 0.0311. The fraction of sp³-hybridized carbons (Fsp3) is 0.455. The van der Waals surface area contributed by atoms with Gasteiger partial charge in [0.2, 0.25) is 10.0 Å². The van der Waals surface area contributed by atoms with E-state index in [0.717, 1.165) is 19.3 Å². The number of aliphatic hydroxyl groups excluding tert-OH is 1. The van der Waals surface area contributed by atoms with Crippen molar-refractivity contribution in [1.29, 1.82) is 0 Å². The Kier molecular flexibility index (Phi) is 3.22. The molecule has 100 valence electrons. The quantitative estimate of drug-likeness (QED) is 0.585. The minimum absolute atomic E-state index is 0.0165. The first-order valence-corrected chi connectivity index (χ1v) is 7.22. The summed E-state index contributed by atoms with van der Waals surface area (Å²) in [6, 6.07) is 4.30. The van der Waals surface area contributed by atoms with Crippen molar-refractivity contribution in [2.75, 3.05) is 17.7 Å². The van der Waals surface area contributed by atoms with Gasteiger partial charge in [-0.25, -0.2) is 13.6 Å². The minimum atomic E-state index is -3.74. The highest BCUT2D eigenvalue weighted by Gasteiger charge is 2.36. The molecule has 1 aromatic carbocycles. The van der Waals surface area contributed by atoms with Gasteiger partial charge in [-0.2, -0.15) is 0 Å². The van der Waals surface area contributed by atoms with E-state index < -0.39 is 10.0 Å². The number of hydrogen-bond donors (Lipinski definition) is 4. The van der Waals surface area contributed by atoms with E-state index in [2.05, 4.69) is 5.32 Å². The van der Waals surface area contributed by atoms with E-state index in [4.69, 9.17) is 10.9 Å². The molecule has 0 radical (unpaired) electrons. The van der Waals surface area contributed by atoms with Gasteiger partial charge in [0.1, 0.15) is 0 Å². The molecular weight excluding hydrogens is 254 g/mol. The Bertz CT molecular complexity index is 547. The smallest absolute Gasteiger partial charge is 0.238 e. The van der Waals surface area contributed by atoms with E-state index in [-0.39, 0.29) is 17.0 Å². The lowest BCUT2D eigenvalue weighted by Crippen LogP contribution is -2.48. The number of rotatable bonds is 4. The number of nitrogens with two attached hydrogens (primary N) is 2. The number of nitrogens with one attached hydrogen (secondary N) is 1. The molecule has 0 heterocycles. The van der Waals surface area contributed by atoms with Gasteiger partial charge in [0.15, 0.2) is 0 Å². The molecule has 2 rings (SSSR count). The molecule has 0 bridgehead atoms. The Morgan fingerprint density at radius 1 is 1.39 bits per heavy atom. The molecule has 1 aliphatic carbocycles. The third-order valence-corrected chi connectivity index (χ3v) is 4.28. The maximum Gasteiger partial charge on any atom is 0.238 e. The second-order valence-electron chi connectivity index (χ2n) is 4.71. The molecule has 0 aromatic heterocycles. The fourth-order valence-corrected chi connectivity index (χ4v) is 2.59. The molecule has 1 fully saturated rings. The lowest BCUT2D eigenvalue weighted by molar-refractivity contribution is 0.144. The molecule has 0 spiro atoms. The molecule has 1 aromatic rings. The van der Waals surface area contributed by atoms with E-state index >= 15 is 0 Å². The van der Waals surface area contributed by atoms with Crippen molar-refractivity contribution in [2.45, 2.75) is 29.7 Å². The topological polar surface area (TPSA) is 118 Å². The van der Waals surface area contributed by atoms with Crippen molar-refractivity contribution in [1.82, 2.24) is 0 Å². The number of sulfonamides is 1. The number of benzene rings is 1. The van der Waals surface area contributed by atoms with Gasteiger partial charge in [-0.3, -0.25) is 0 Å². The highest BCUT2D eigenvalue weighted by atomic mass is 32.2. The van der Waals surface area contributed by atoms with Crippen LogP contribution in [0.2, 0.25) is 0 Å². The van der Waals surface area contributed by atoms with Crippen molar-refractivity contribution in [2.24, 2.45) is 5.14 Å². The summed E-state index contributed by atoms with van der Waals surface area (Å²) in [6.07, 6.45) is 2.81. The molecule has 1 aliphatic rings. The summed E-state index contributed by atoms with van der Waals surface area (Å²) >= 11 is 0. The lowest BCUT2D eigenvalue weighted by atomic mass is 9.77. The Balaban J connectivity index is 2.25. The molecule has 0 saturated heterocycles. The number of primary sulfonamides is 1. The van der Waals surface area contributed by atoms with Crippen LogP contribution in [0.4, 0.5) is 11.4 Å². The second-order valence-corrected chi connectivity index (χ2v) is 6.27. The van der Waals surface area contributed by atoms with Gasteiger partial charge in [0.25, 0.3) is 0 Å². The number of hydrogen-bond acceptors (Lipinski definition) is 5. The third kappa shape index (κ3) is 2.43. The zero-order valence-corrected chi connectivity index (χ0v) is 10.7. The van der Waals surface area contributed by atoms with E-state index in [1.165, 1.54) is 12.1 Å². The summed E-state index contributed by atoms with van der Waals surface area (Å²) in [5, 5.41) is 17.6. The van der Waals surface area contributed by atoms with Crippen molar-refractivity contribution in [3.8, 4) is 0 Å². The minimum Gasteiger partial charge on any atom is -0.397 e. The van der Waals surface area contributed by atoms with Crippen LogP contribution < -0.4 is 16.2 Å². The Morgan fingerprint density at radius 2 is 2.06 bits per heavy atom. The molecule has 0 atom stereocenters. The molecule has 0 aliphatic heterocycles. The fourth-order valence-electron chi connectivity index (χ4n) is 2.04. The van der Waals surface area contributed by atoms with E-state index in [0.29, 0.717) is 11.4 Å². The first-order chi connectivity index (χ1) is 8.36. The van der Waals surface area contributed by atoms with Gasteiger partial charge in [0.05, 0.1) is 28.4 Å². The zero-order valence-electron chi connectivity index (χ0n) is 9.89. The van der Waals surface area contributed by atoms with Crippen LogP contribution in [0.25, 0.3) is 0 Å². The van der Waals surface area contributed by atoms with Crippen LogP contribution in [-0.4, -0.2) is 25.7 Å². The highest BCUT2D eigenvalue weighted by Crippen LogP contribution is 2.36. The lowest BCUT2D eigenvalue weighted by Gasteiger charge is -2.42.